The number of carbonyl (C=O) groups is 2. The van der Waals surface area contributed by atoms with Crippen LogP contribution in [0.25, 0.3) is 0 Å². The van der Waals surface area contributed by atoms with E-state index < -0.39 is 6.04 Å². The van der Waals surface area contributed by atoms with Crippen molar-refractivity contribution in [2.24, 2.45) is 5.92 Å². The van der Waals surface area contributed by atoms with Crippen molar-refractivity contribution in [1.29, 1.82) is 0 Å². The van der Waals surface area contributed by atoms with Gasteiger partial charge in [-0.05, 0) is 87.1 Å². The lowest BCUT2D eigenvalue weighted by molar-refractivity contribution is -0.139. The molecule has 1 aliphatic rings. The zero-order valence-electron chi connectivity index (χ0n) is 22.4. The van der Waals surface area contributed by atoms with Crippen LogP contribution < -0.4 is 10.1 Å². The zero-order chi connectivity index (χ0) is 27.8. The Bertz CT molecular complexity index is 1290. The van der Waals surface area contributed by atoms with Crippen LogP contribution in [0, 0.1) is 25.6 Å². The summed E-state index contributed by atoms with van der Waals surface area (Å²) in [7, 11) is 1.58. The van der Waals surface area contributed by atoms with Gasteiger partial charge in [0, 0.05) is 23.6 Å². The molecular formula is C30H33FN4O3S. The van der Waals surface area contributed by atoms with Crippen LogP contribution in [0.2, 0.25) is 0 Å². The molecule has 1 heterocycles. The molecule has 4 rings (SSSR count). The number of ether oxygens (including phenoxy) is 1. The van der Waals surface area contributed by atoms with Gasteiger partial charge < -0.3 is 15.0 Å². The standard InChI is InChI=1S/C30H33FN4O3S/c1-20-17-21(2)33-30(32-20)39-19-27(36)35(18-22-9-11-24(31)12-10-22)28(23-7-5-4-6-8-23)29(37)34-25-13-15-26(38-3)16-14-25/h4-5,9-17,23,28H,6-8,18-19H2,1-3H3,(H,34,37)/t23-,28+/m0/s1. The topological polar surface area (TPSA) is 84.4 Å². The molecule has 1 aromatic heterocycles. The summed E-state index contributed by atoms with van der Waals surface area (Å²) in [5.74, 6) is -0.148. The Kier molecular flexibility index (Phi) is 9.70. The average Bonchev–Trinajstić information content (AvgIpc) is 2.93. The first-order valence-electron chi connectivity index (χ1n) is 12.9. The fourth-order valence-corrected chi connectivity index (χ4v) is 5.54. The minimum Gasteiger partial charge on any atom is -0.497 e. The third kappa shape index (κ3) is 7.89. The van der Waals surface area contributed by atoms with Gasteiger partial charge in [0.1, 0.15) is 17.6 Å². The van der Waals surface area contributed by atoms with E-state index in [2.05, 4.69) is 27.4 Å². The van der Waals surface area contributed by atoms with Crippen molar-refractivity contribution >= 4 is 29.3 Å². The molecule has 0 saturated heterocycles. The molecular weight excluding hydrogens is 515 g/mol. The number of aryl methyl sites for hydroxylation is 2. The molecule has 0 bridgehead atoms. The highest BCUT2D eigenvalue weighted by Crippen LogP contribution is 2.29. The van der Waals surface area contributed by atoms with E-state index in [4.69, 9.17) is 4.74 Å². The summed E-state index contributed by atoms with van der Waals surface area (Å²) in [6.45, 7) is 3.95. The largest absolute Gasteiger partial charge is 0.497 e. The van der Waals surface area contributed by atoms with E-state index in [1.165, 1.54) is 23.9 Å². The van der Waals surface area contributed by atoms with Crippen LogP contribution in [0.5, 0.6) is 5.75 Å². The second-order valence-electron chi connectivity index (χ2n) is 9.58. The van der Waals surface area contributed by atoms with Crippen molar-refractivity contribution < 1.29 is 18.7 Å². The van der Waals surface area contributed by atoms with Crippen LogP contribution in [0.1, 0.15) is 36.2 Å². The van der Waals surface area contributed by atoms with Crippen LogP contribution in [-0.2, 0) is 16.1 Å². The smallest absolute Gasteiger partial charge is 0.247 e. The Morgan fingerprint density at radius 3 is 2.38 bits per heavy atom. The van der Waals surface area contributed by atoms with Crippen LogP contribution in [0.15, 0.2) is 71.9 Å². The lowest BCUT2D eigenvalue weighted by Crippen LogP contribution is -2.51. The monoisotopic (exact) mass is 548 g/mol. The molecule has 0 radical (unpaired) electrons. The number of nitrogens with zero attached hydrogens (tertiary/aromatic N) is 3. The SMILES string of the molecule is COc1ccc(NC(=O)[C@@H]([C@H]2CC=CCC2)N(Cc2ccc(F)cc2)C(=O)CSc2nc(C)cc(C)n2)cc1. The van der Waals surface area contributed by atoms with Gasteiger partial charge >= 0.3 is 0 Å². The summed E-state index contributed by atoms with van der Waals surface area (Å²) < 4.78 is 18.9. The van der Waals surface area contributed by atoms with Gasteiger partial charge in [-0.1, -0.05) is 36.0 Å². The number of carbonyl (C=O) groups excluding carboxylic acids is 2. The van der Waals surface area contributed by atoms with E-state index >= 15 is 0 Å². The van der Waals surface area contributed by atoms with Gasteiger partial charge in [0.25, 0.3) is 0 Å². The minimum absolute atomic E-state index is 0.0684. The minimum atomic E-state index is -0.727. The van der Waals surface area contributed by atoms with E-state index in [0.29, 0.717) is 23.0 Å². The summed E-state index contributed by atoms with van der Waals surface area (Å²) in [6.07, 6.45) is 6.47. The predicted octanol–water partition coefficient (Wildman–Crippen LogP) is 5.73. The Labute approximate surface area is 232 Å². The van der Waals surface area contributed by atoms with Gasteiger partial charge in [-0.3, -0.25) is 9.59 Å². The first-order chi connectivity index (χ1) is 18.8. The molecule has 0 spiro atoms. The highest BCUT2D eigenvalue weighted by atomic mass is 32.2. The molecule has 0 unspecified atom stereocenters. The van der Waals surface area contributed by atoms with E-state index in [9.17, 15) is 14.0 Å². The molecule has 3 aromatic rings. The van der Waals surface area contributed by atoms with Crippen molar-refractivity contribution in [2.45, 2.75) is 50.9 Å². The Balaban J connectivity index is 1.63. The molecule has 39 heavy (non-hydrogen) atoms. The Morgan fingerprint density at radius 2 is 1.77 bits per heavy atom. The van der Waals surface area contributed by atoms with Gasteiger partial charge in [0.05, 0.1) is 12.9 Å². The second-order valence-corrected chi connectivity index (χ2v) is 10.5. The van der Waals surface area contributed by atoms with Gasteiger partial charge in [0.15, 0.2) is 5.16 Å². The molecule has 7 nitrogen and oxygen atoms in total. The van der Waals surface area contributed by atoms with Crippen LogP contribution in [0.4, 0.5) is 10.1 Å². The van der Waals surface area contributed by atoms with Crippen molar-refractivity contribution in [2.75, 3.05) is 18.2 Å². The Morgan fingerprint density at radius 1 is 1.08 bits per heavy atom. The second kappa shape index (κ2) is 13.4. The van der Waals surface area contributed by atoms with Crippen molar-refractivity contribution in [3.63, 3.8) is 0 Å². The number of amides is 2. The highest BCUT2D eigenvalue weighted by molar-refractivity contribution is 7.99. The number of halogens is 1. The van der Waals surface area contributed by atoms with Crippen molar-refractivity contribution in [1.82, 2.24) is 14.9 Å². The first-order valence-corrected chi connectivity index (χ1v) is 13.9. The third-order valence-electron chi connectivity index (χ3n) is 6.59. The summed E-state index contributed by atoms with van der Waals surface area (Å²) >= 11 is 1.25. The molecule has 9 heteroatoms. The number of thioether (sulfide) groups is 1. The maximum absolute atomic E-state index is 13.9. The van der Waals surface area contributed by atoms with Gasteiger partial charge in [-0.15, -0.1) is 0 Å². The average molecular weight is 549 g/mol. The summed E-state index contributed by atoms with van der Waals surface area (Å²) in [5, 5.41) is 3.52. The number of methoxy groups -OCH3 is 1. The number of hydrogen-bond donors (Lipinski definition) is 1. The maximum Gasteiger partial charge on any atom is 0.247 e. The molecule has 0 fully saturated rings. The molecule has 1 aliphatic carbocycles. The van der Waals surface area contributed by atoms with Crippen LogP contribution in [-0.4, -0.2) is 45.6 Å². The van der Waals surface area contributed by atoms with Gasteiger partial charge in [0.2, 0.25) is 11.8 Å². The molecule has 0 aliphatic heterocycles. The molecule has 2 amide bonds. The summed E-state index contributed by atoms with van der Waals surface area (Å²) in [5.41, 5.74) is 3.01. The predicted molar refractivity (Wildman–Crippen MR) is 151 cm³/mol. The summed E-state index contributed by atoms with van der Waals surface area (Å²) in [6, 6.07) is 14.3. The number of aromatic nitrogens is 2. The lowest BCUT2D eigenvalue weighted by Gasteiger charge is -2.37. The zero-order valence-corrected chi connectivity index (χ0v) is 23.2. The number of anilines is 1. The quantitative estimate of drug-likeness (QED) is 0.198. The van der Waals surface area contributed by atoms with Crippen molar-refractivity contribution in [3.8, 4) is 5.75 Å². The molecule has 2 atom stereocenters. The lowest BCUT2D eigenvalue weighted by atomic mass is 9.86. The molecule has 204 valence electrons. The molecule has 0 saturated carbocycles. The third-order valence-corrected chi connectivity index (χ3v) is 7.42. The fourth-order valence-electron chi connectivity index (χ4n) is 4.70. The number of rotatable bonds is 10. The molecule has 1 N–H and O–H groups in total. The van der Waals surface area contributed by atoms with Crippen LogP contribution in [0.3, 0.4) is 0 Å². The number of allylic oxidation sites excluding steroid dienone is 2. The highest BCUT2D eigenvalue weighted by Gasteiger charge is 2.36. The van der Waals surface area contributed by atoms with E-state index in [-0.39, 0.29) is 35.8 Å². The van der Waals surface area contributed by atoms with Gasteiger partial charge in [-0.2, -0.15) is 0 Å². The number of hydrogen-bond acceptors (Lipinski definition) is 6. The molecule has 2 aromatic carbocycles. The Hall–Kier alpha value is -3.72. The van der Waals surface area contributed by atoms with Gasteiger partial charge in [-0.25, -0.2) is 14.4 Å². The van der Waals surface area contributed by atoms with Crippen molar-refractivity contribution in [3.05, 3.63) is 89.5 Å². The number of nitrogens with one attached hydrogen (secondary N) is 1. The van der Waals surface area contributed by atoms with Crippen LogP contribution >= 0.6 is 11.8 Å². The summed E-state index contributed by atoms with van der Waals surface area (Å²) in [4.78, 5) is 38.2. The van der Waals surface area contributed by atoms with E-state index in [1.54, 1.807) is 48.4 Å². The van der Waals surface area contributed by atoms with E-state index in [0.717, 1.165) is 29.8 Å². The first kappa shape index (κ1) is 28.3. The normalized spacial score (nSPS) is 15.4. The fraction of sp³-hybridized carbons (Fsp3) is 0.333. The maximum atomic E-state index is 13.9. The van der Waals surface area contributed by atoms with E-state index in [1.807, 2.05) is 19.9 Å². The number of benzene rings is 2.